The first-order valence-electron chi connectivity index (χ1n) is 6.89. The Morgan fingerprint density at radius 3 is 2.41 bits per heavy atom. The average molecular weight is 239 g/mol. The Balaban J connectivity index is 4.28. The molecule has 100 valence electrons. The van der Waals surface area contributed by atoms with Crippen LogP contribution >= 0.6 is 0 Å². The molecule has 1 N–H and O–H groups in total. The number of nitrogens with one attached hydrogen (secondary N) is 1. The van der Waals surface area contributed by atoms with E-state index >= 15 is 0 Å². The fourth-order valence-corrected chi connectivity index (χ4v) is 2.41. The molecule has 0 aliphatic rings. The molecule has 0 fully saturated rings. The molecular formula is C15H29NO. The smallest absolute Gasteiger partial charge is 0.243 e. The van der Waals surface area contributed by atoms with Crippen LogP contribution in [0.3, 0.4) is 0 Å². The van der Waals surface area contributed by atoms with Crippen LogP contribution in [0.15, 0.2) is 12.7 Å². The summed E-state index contributed by atoms with van der Waals surface area (Å²) >= 11 is 0. The molecule has 0 aliphatic heterocycles. The summed E-state index contributed by atoms with van der Waals surface area (Å²) in [7, 11) is 0. The van der Waals surface area contributed by atoms with Crippen molar-refractivity contribution in [1.82, 2.24) is 5.32 Å². The maximum atomic E-state index is 11.4. The Kier molecular flexibility index (Phi) is 7.94. The van der Waals surface area contributed by atoms with Gasteiger partial charge in [0.1, 0.15) is 0 Å². The molecule has 0 aliphatic carbocycles. The molecule has 2 nitrogen and oxygen atoms in total. The summed E-state index contributed by atoms with van der Waals surface area (Å²) in [5.74, 6) is 0.654. The molecule has 1 amide bonds. The molecule has 0 radical (unpaired) electrons. The molecule has 17 heavy (non-hydrogen) atoms. The van der Waals surface area contributed by atoms with Crippen molar-refractivity contribution in [2.75, 3.05) is 0 Å². The Hall–Kier alpha value is -0.790. The van der Waals surface area contributed by atoms with Crippen LogP contribution in [-0.2, 0) is 4.79 Å². The summed E-state index contributed by atoms with van der Waals surface area (Å²) in [6.07, 6.45) is 8.70. The predicted molar refractivity (Wildman–Crippen MR) is 75.0 cm³/mol. The van der Waals surface area contributed by atoms with Crippen molar-refractivity contribution >= 4 is 5.91 Å². The van der Waals surface area contributed by atoms with E-state index in [0.717, 1.165) is 12.3 Å². The minimum Gasteiger partial charge on any atom is -0.348 e. The number of amides is 1. The second-order valence-corrected chi connectivity index (χ2v) is 5.58. The van der Waals surface area contributed by atoms with Gasteiger partial charge in [-0.05, 0) is 32.3 Å². The number of rotatable bonds is 9. The summed E-state index contributed by atoms with van der Waals surface area (Å²) < 4.78 is 0. The van der Waals surface area contributed by atoms with Crippen molar-refractivity contribution in [2.24, 2.45) is 5.92 Å². The molecule has 1 unspecified atom stereocenters. The van der Waals surface area contributed by atoms with Crippen LogP contribution in [-0.4, -0.2) is 11.4 Å². The van der Waals surface area contributed by atoms with Gasteiger partial charge < -0.3 is 5.32 Å². The molecule has 2 heteroatoms. The van der Waals surface area contributed by atoms with E-state index in [1.54, 1.807) is 0 Å². The first-order chi connectivity index (χ1) is 7.95. The van der Waals surface area contributed by atoms with Gasteiger partial charge in [0, 0.05) is 5.54 Å². The highest BCUT2D eigenvalue weighted by molar-refractivity contribution is 5.87. The predicted octanol–water partition coefficient (Wildman–Crippen LogP) is 4.06. The van der Waals surface area contributed by atoms with Gasteiger partial charge in [0.2, 0.25) is 5.91 Å². The van der Waals surface area contributed by atoms with Crippen molar-refractivity contribution in [1.29, 1.82) is 0 Å². The summed E-state index contributed by atoms with van der Waals surface area (Å²) in [4.78, 5) is 11.4. The van der Waals surface area contributed by atoms with E-state index in [-0.39, 0.29) is 11.4 Å². The lowest BCUT2D eigenvalue weighted by Crippen LogP contribution is -2.44. The van der Waals surface area contributed by atoms with Crippen LogP contribution < -0.4 is 5.32 Å². The lowest BCUT2D eigenvalue weighted by molar-refractivity contribution is -0.118. The van der Waals surface area contributed by atoms with Crippen molar-refractivity contribution in [3.63, 3.8) is 0 Å². The minimum atomic E-state index is -0.126. The Labute approximate surface area is 107 Å². The van der Waals surface area contributed by atoms with Gasteiger partial charge in [-0.1, -0.05) is 52.5 Å². The Morgan fingerprint density at radius 2 is 1.94 bits per heavy atom. The lowest BCUT2D eigenvalue weighted by atomic mass is 9.84. The number of hydrogen-bond acceptors (Lipinski definition) is 1. The topological polar surface area (TPSA) is 29.1 Å². The van der Waals surface area contributed by atoms with E-state index in [1.165, 1.54) is 38.2 Å². The zero-order valence-electron chi connectivity index (χ0n) is 12.0. The van der Waals surface area contributed by atoms with Crippen LogP contribution in [0.1, 0.15) is 66.2 Å². The quantitative estimate of drug-likeness (QED) is 0.604. The van der Waals surface area contributed by atoms with Crippen molar-refractivity contribution in [3.8, 4) is 0 Å². The van der Waals surface area contributed by atoms with Gasteiger partial charge in [0.15, 0.2) is 0 Å². The number of carbonyl (C=O) groups excluding carboxylic acids is 1. The highest BCUT2D eigenvalue weighted by Gasteiger charge is 2.23. The van der Waals surface area contributed by atoms with E-state index in [2.05, 4.69) is 39.6 Å². The molecule has 0 heterocycles. The van der Waals surface area contributed by atoms with E-state index < -0.39 is 0 Å². The number of hydrogen-bond donors (Lipinski definition) is 1. The molecule has 0 bridgehead atoms. The van der Waals surface area contributed by atoms with E-state index in [9.17, 15) is 4.79 Å². The van der Waals surface area contributed by atoms with Gasteiger partial charge in [-0.15, -0.1) is 0 Å². The first kappa shape index (κ1) is 16.2. The first-order valence-corrected chi connectivity index (χ1v) is 6.89. The van der Waals surface area contributed by atoms with Crippen LogP contribution in [0.2, 0.25) is 0 Å². The maximum absolute atomic E-state index is 11.4. The molecule has 0 rings (SSSR count). The molecule has 0 saturated carbocycles. The van der Waals surface area contributed by atoms with E-state index in [4.69, 9.17) is 0 Å². The second-order valence-electron chi connectivity index (χ2n) is 5.58. The summed E-state index contributed by atoms with van der Waals surface area (Å²) in [6.45, 7) is 12.2. The van der Waals surface area contributed by atoms with Gasteiger partial charge in [-0.2, -0.15) is 0 Å². The van der Waals surface area contributed by atoms with E-state index in [1.807, 2.05) is 0 Å². The summed E-state index contributed by atoms with van der Waals surface area (Å²) in [5.41, 5.74) is -0.126. The van der Waals surface area contributed by atoms with E-state index in [0.29, 0.717) is 0 Å². The van der Waals surface area contributed by atoms with Gasteiger partial charge >= 0.3 is 0 Å². The second kappa shape index (κ2) is 8.32. The number of unbranched alkanes of at least 4 members (excludes halogenated alkanes) is 1. The third-order valence-corrected chi connectivity index (χ3v) is 3.11. The monoisotopic (exact) mass is 239 g/mol. The highest BCUT2D eigenvalue weighted by atomic mass is 16.1. The van der Waals surface area contributed by atoms with Gasteiger partial charge in [0.25, 0.3) is 0 Å². The van der Waals surface area contributed by atoms with Gasteiger partial charge in [-0.3, -0.25) is 4.79 Å². The van der Waals surface area contributed by atoms with Crippen molar-refractivity contribution < 1.29 is 4.79 Å². The molecule has 0 aromatic carbocycles. The van der Waals surface area contributed by atoms with Gasteiger partial charge in [-0.25, -0.2) is 0 Å². The van der Waals surface area contributed by atoms with Crippen molar-refractivity contribution in [3.05, 3.63) is 12.7 Å². The molecule has 0 aromatic rings. The maximum Gasteiger partial charge on any atom is 0.243 e. The standard InChI is InChI=1S/C15H29NO/c1-6-9-11-13(10-7-2)12-15(4,5)16-14(17)8-3/h8,13H,3,6-7,9-12H2,1-2,4-5H3,(H,16,17). The van der Waals surface area contributed by atoms with Crippen LogP contribution in [0, 0.1) is 5.92 Å². The normalized spacial score (nSPS) is 13.2. The Morgan fingerprint density at radius 1 is 1.29 bits per heavy atom. The SMILES string of the molecule is C=CC(=O)NC(C)(C)CC(CCC)CCCC. The fourth-order valence-electron chi connectivity index (χ4n) is 2.41. The largest absolute Gasteiger partial charge is 0.348 e. The van der Waals surface area contributed by atoms with Gasteiger partial charge in [0.05, 0.1) is 0 Å². The fraction of sp³-hybridized carbons (Fsp3) is 0.800. The molecule has 0 spiro atoms. The van der Waals surface area contributed by atoms with Crippen LogP contribution in [0.5, 0.6) is 0 Å². The molecule has 1 atom stereocenters. The Bertz CT molecular complexity index is 233. The average Bonchev–Trinajstić information content (AvgIpc) is 2.25. The molecule has 0 aromatic heterocycles. The van der Waals surface area contributed by atoms with Crippen LogP contribution in [0.4, 0.5) is 0 Å². The summed E-state index contributed by atoms with van der Waals surface area (Å²) in [5, 5.41) is 3.01. The zero-order valence-corrected chi connectivity index (χ0v) is 12.0. The third-order valence-electron chi connectivity index (χ3n) is 3.11. The molecule has 0 saturated heterocycles. The highest BCUT2D eigenvalue weighted by Crippen LogP contribution is 2.25. The zero-order chi connectivity index (χ0) is 13.3. The summed E-state index contributed by atoms with van der Waals surface area (Å²) in [6, 6.07) is 0. The lowest BCUT2D eigenvalue weighted by Gasteiger charge is -2.30. The number of carbonyl (C=O) groups is 1. The third kappa shape index (κ3) is 8.00. The van der Waals surface area contributed by atoms with Crippen molar-refractivity contribution in [2.45, 2.75) is 71.8 Å². The van der Waals surface area contributed by atoms with Crippen LogP contribution in [0.25, 0.3) is 0 Å². The molecular weight excluding hydrogens is 210 g/mol. The minimum absolute atomic E-state index is 0.0688.